The van der Waals surface area contributed by atoms with Crippen molar-refractivity contribution in [2.75, 3.05) is 0 Å². The van der Waals surface area contributed by atoms with Gasteiger partial charge in [0.15, 0.2) is 0 Å². The van der Waals surface area contributed by atoms with E-state index in [9.17, 15) is 4.79 Å². The molecule has 1 aliphatic heterocycles. The maximum absolute atomic E-state index is 10.9. The molecule has 0 N–H and O–H groups in total. The van der Waals surface area contributed by atoms with Crippen molar-refractivity contribution in [3.63, 3.8) is 0 Å². The van der Waals surface area contributed by atoms with Crippen LogP contribution in [0.3, 0.4) is 0 Å². The molecule has 1 heterocycles. The van der Waals surface area contributed by atoms with Crippen LogP contribution < -0.4 is 0 Å². The lowest BCUT2D eigenvalue weighted by Crippen LogP contribution is -2.38. The van der Waals surface area contributed by atoms with Crippen LogP contribution in [0.4, 0.5) is 0 Å². The molecule has 0 aromatic carbocycles. The summed E-state index contributed by atoms with van der Waals surface area (Å²) in [5.74, 6) is 1.28. The molecule has 4 heteroatoms. The van der Waals surface area contributed by atoms with Gasteiger partial charge in [-0.2, -0.15) is 0 Å². The standard InChI is InChI=1S/C11H15NO3/c1-5-10-7-3-8(11(10)15-12-5)9(4-7)14-6(2)13/h7-11H,3-4H2,1-2H3/t7-,8+,9+,10-,11+/m0/s1. The summed E-state index contributed by atoms with van der Waals surface area (Å²) in [7, 11) is 0. The normalized spacial score (nSPS) is 46.0. The molecule has 0 aromatic rings. The van der Waals surface area contributed by atoms with Crippen LogP contribution in [-0.4, -0.2) is 23.9 Å². The van der Waals surface area contributed by atoms with E-state index >= 15 is 0 Å². The minimum absolute atomic E-state index is 0.0647. The van der Waals surface area contributed by atoms with Crippen molar-refractivity contribution in [3.8, 4) is 0 Å². The van der Waals surface area contributed by atoms with Crippen LogP contribution >= 0.6 is 0 Å². The highest BCUT2D eigenvalue weighted by molar-refractivity contribution is 5.86. The predicted molar refractivity (Wildman–Crippen MR) is 53.2 cm³/mol. The molecule has 82 valence electrons. The molecule has 0 spiro atoms. The molecule has 2 bridgehead atoms. The second-order valence-corrected chi connectivity index (χ2v) is 4.87. The zero-order valence-electron chi connectivity index (χ0n) is 8.97. The summed E-state index contributed by atoms with van der Waals surface area (Å²) in [5.41, 5.74) is 1.12. The van der Waals surface area contributed by atoms with Crippen molar-refractivity contribution in [3.05, 3.63) is 0 Å². The monoisotopic (exact) mass is 209 g/mol. The number of esters is 1. The predicted octanol–water partition coefficient (Wildman–Crippen LogP) is 1.35. The van der Waals surface area contributed by atoms with Gasteiger partial charge in [-0.3, -0.25) is 4.79 Å². The second-order valence-electron chi connectivity index (χ2n) is 4.87. The summed E-state index contributed by atoms with van der Waals surface area (Å²) in [5, 5.41) is 4.05. The lowest BCUT2D eigenvalue weighted by Gasteiger charge is -2.28. The highest BCUT2D eigenvalue weighted by Crippen LogP contribution is 2.53. The van der Waals surface area contributed by atoms with E-state index in [1.807, 2.05) is 6.92 Å². The summed E-state index contributed by atoms with van der Waals surface area (Å²) in [6, 6.07) is 0. The summed E-state index contributed by atoms with van der Waals surface area (Å²) < 4.78 is 5.32. The number of fused-ring (bicyclic) bond motifs is 5. The minimum Gasteiger partial charge on any atom is -0.462 e. The third-order valence-electron chi connectivity index (χ3n) is 3.99. The van der Waals surface area contributed by atoms with Crippen molar-refractivity contribution >= 4 is 11.7 Å². The molecule has 2 fully saturated rings. The van der Waals surface area contributed by atoms with Crippen LogP contribution in [0, 0.1) is 17.8 Å². The van der Waals surface area contributed by atoms with Gasteiger partial charge in [-0.25, -0.2) is 0 Å². The molecular weight excluding hydrogens is 194 g/mol. The summed E-state index contributed by atoms with van der Waals surface area (Å²) in [6.45, 7) is 3.51. The lowest BCUT2D eigenvalue weighted by molar-refractivity contribution is -0.152. The van der Waals surface area contributed by atoms with Gasteiger partial charge in [0, 0.05) is 18.8 Å². The average molecular weight is 209 g/mol. The third kappa shape index (κ3) is 1.20. The number of oxime groups is 1. The molecule has 0 aromatic heterocycles. The Kier molecular flexibility index (Phi) is 1.82. The van der Waals surface area contributed by atoms with Gasteiger partial charge in [0.05, 0.1) is 5.71 Å². The topological polar surface area (TPSA) is 47.9 Å². The third-order valence-corrected chi connectivity index (χ3v) is 3.99. The van der Waals surface area contributed by atoms with Gasteiger partial charge in [0.25, 0.3) is 0 Å². The minimum atomic E-state index is -0.181. The Hall–Kier alpha value is -1.06. The van der Waals surface area contributed by atoms with Crippen LogP contribution in [-0.2, 0) is 14.4 Å². The molecule has 15 heavy (non-hydrogen) atoms. The number of ether oxygens (including phenoxy) is 1. The van der Waals surface area contributed by atoms with Crippen LogP contribution in [0.5, 0.6) is 0 Å². The Balaban J connectivity index is 1.77. The molecule has 2 aliphatic carbocycles. The van der Waals surface area contributed by atoms with Crippen molar-refractivity contribution < 1.29 is 14.4 Å². The van der Waals surface area contributed by atoms with Crippen LogP contribution in [0.2, 0.25) is 0 Å². The van der Waals surface area contributed by atoms with E-state index in [1.54, 1.807) is 0 Å². The Morgan fingerprint density at radius 2 is 2.33 bits per heavy atom. The van der Waals surface area contributed by atoms with Gasteiger partial charge in [-0.05, 0) is 25.7 Å². The maximum Gasteiger partial charge on any atom is 0.302 e. The van der Waals surface area contributed by atoms with Gasteiger partial charge in [-0.15, -0.1) is 0 Å². The molecule has 3 aliphatic rings. The molecule has 4 nitrogen and oxygen atoms in total. The van der Waals surface area contributed by atoms with E-state index in [2.05, 4.69) is 5.16 Å². The number of hydrogen-bond acceptors (Lipinski definition) is 4. The number of carbonyl (C=O) groups is 1. The number of hydrogen-bond donors (Lipinski definition) is 0. The fraction of sp³-hybridized carbons (Fsp3) is 0.818. The van der Waals surface area contributed by atoms with E-state index in [4.69, 9.17) is 9.57 Å². The lowest BCUT2D eigenvalue weighted by atomic mass is 9.82. The van der Waals surface area contributed by atoms with Gasteiger partial charge in [-0.1, -0.05) is 5.16 Å². The zero-order valence-corrected chi connectivity index (χ0v) is 8.97. The van der Waals surface area contributed by atoms with E-state index in [-0.39, 0.29) is 18.2 Å². The second kappa shape index (κ2) is 2.97. The van der Waals surface area contributed by atoms with Gasteiger partial charge < -0.3 is 9.57 Å². The molecule has 0 amide bonds. The van der Waals surface area contributed by atoms with Crippen molar-refractivity contribution in [1.29, 1.82) is 0 Å². The summed E-state index contributed by atoms with van der Waals surface area (Å²) in [4.78, 5) is 16.4. The summed E-state index contributed by atoms with van der Waals surface area (Å²) in [6.07, 6.45) is 2.35. The van der Waals surface area contributed by atoms with Crippen molar-refractivity contribution in [2.45, 2.75) is 38.9 Å². The van der Waals surface area contributed by atoms with E-state index in [0.29, 0.717) is 17.8 Å². The van der Waals surface area contributed by atoms with Gasteiger partial charge in [0.2, 0.25) is 0 Å². The molecule has 0 unspecified atom stereocenters. The van der Waals surface area contributed by atoms with Gasteiger partial charge >= 0.3 is 5.97 Å². The Morgan fingerprint density at radius 1 is 1.53 bits per heavy atom. The van der Waals surface area contributed by atoms with E-state index in [1.165, 1.54) is 6.92 Å². The molecule has 2 saturated carbocycles. The van der Waals surface area contributed by atoms with Crippen LogP contribution in [0.1, 0.15) is 26.7 Å². The van der Waals surface area contributed by atoms with Crippen LogP contribution in [0.15, 0.2) is 5.16 Å². The first-order chi connectivity index (χ1) is 7.16. The molecule has 0 saturated heterocycles. The van der Waals surface area contributed by atoms with Crippen molar-refractivity contribution in [2.24, 2.45) is 22.9 Å². The van der Waals surface area contributed by atoms with E-state index in [0.717, 1.165) is 18.6 Å². The molecular formula is C11H15NO3. The first-order valence-corrected chi connectivity index (χ1v) is 5.54. The number of nitrogens with zero attached hydrogens (tertiary/aromatic N) is 1. The Morgan fingerprint density at radius 3 is 3.07 bits per heavy atom. The quantitative estimate of drug-likeness (QED) is 0.612. The Bertz CT molecular complexity index is 339. The smallest absolute Gasteiger partial charge is 0.302 e. The average Bonchev–Trinajstić information content (AvgIpc) is 2.76. The van der Waals surface area contributed by atoms with Gasteiger partial charge in [0.1, 0.15) is 12.2 Å². The molecule has 5 atom stereocenters. The highest BCUT2D eigenvalue weighted by Gasteiger charge is 2.58. The van der Waals surface area contributed by atoms with E-state index < -0.39 is 0 Å². The summed E-state index contributed by atoms with van der Waals surface area (Å²) >= 11 is 0. The number of rotatable bonds is 1. The first-order valence-electron chi connectivity index (χ1n) is 5.54. The molecule has 0 radical (unpaired) electrons. The fourth-order valence-corrected chi connectivity index (χ4v) is 3.52. The number of carbonyl (C=O) groups excluding carboxylic acids is 1. The van der Waals surface area contributed by atoms with Crippen LogP contribution in [0.25, 0.3) is 0 Å². The maximum atomic E-state index is 10.9. The largest absolute Gasteiger partial charge is 0.462 e. The Labute approximate surface area is 88.6 Å². The molecule has 3 rings (SSSR count). The zero-order chi connectivity index (χ0) is 10.6. The van der Waals surface area contributed by atoms with Crippen molar-refractivity contribution in [1.82, 2.24) is 0 Å². The fourth-order valence-electron chi connectivity index (χ4n) is 3.52. The first kappa shape index (κ1) is 9.19. The highest BCUT2D eigenvalue weighted by atomic mass is 16.6. The SMILES string of the molecule is CC(=O)O[C@@H]1C[C@@H]2C[C@H]1[C@H]1ON=C(C)[C@@H]21.